The molecule has 0 saturated heterocycles. The maximum atomic E-state index is 12.3. The maximum Gasteiger partial charge on any atom is 0.341 e. The Morgan fingerprint density at radius 1 is 1.26 bits per heavy atom. The first kappa shape index (κ1) is 18.2. The summed E-state index contributed by atoms with van der Waals surface area (Å²) in [6.07, 6.45) is 0. The van der Waals surface area contributed by atoms with Gasteiger partial charge in [-0.3, -0.25) is 4.72 Å². The van der Waals surface area contributed by atoms with Gasteiger partial charge < -0.3 is 9.84 Å². The molecule has 0 amide bonds. The summed E-state index contributed by atoms with van der Waals surface area (Å²) in [5.41, 5.74) is -0.102. The molecule has 6 nitrogen and oxygen atoms in total. The van der Waals surface area contributed by atoms with Gasteiger partial charge >= 0.3 is 5.97 Å². The van der Waals surface area contributed by atoms with Gasteiger partial charge in [0.15, 0.2) is 0 Å². The van der Waals surface area contributed by atoms with Crippen molar-refractivity contribution in [1.29, 1.82) is 0 Å². The molecule has 124 valence electrons. The van der Waals surface area contributed by atoms with E-state index in [1.165, 1.54) is 12.1 Å². The molecule has 1 aromatic carbocycles. The minimum Gasteiger partial charge on any atom is -0.507 e. The number of methoxy groups -OCH3 is 1. The molecule has 23 heavy (non-hydrogen) atoms. The van der Waals surface area contributed by atoms with Crippen molar-refractivity contribution < 1.29 is 23.1 Å². The number of phenols is 1. The van der Waals surface area contributed by atoms with E-state index in [4.69, 9.17) is 34.8 Å². The minimum atomic E-state index is -4.12. The molecule has 11 heteroatoms. The number of halogens is 3. The second-order valence-corrected chi connectivity index (χ2v) is 8.34. The summed E-state index contributed by atoms with van der Waals surface area (Å²) < 4.78 is 31.3. The molecule has 0 unspecified atom stereocenters. The zero-order chi connectivity index (χ0) is 17.4. The van der Waals surface area contributed by atoms with Crippen LogP contribution in [0.5, 0.6) is 5.75 Å². The van der Waals surface area contributed by atoms with Crippen LogP contribution in [0.25, 0.3) is 0 Å². The van der Waals surface area contributed by atoms with Crippen molar-refractivity contribution in [3.63, 3.8) is 0 Å². The Bertz CT molecular complexity index is 879. The Labute approximate surface area is 150 Å². The molecule has 0 aliphatic rings. The predicted octanol–water partition coefficient (Wildman–Crippen LogP) is 4.00. The molecule has 2 aromatic rings. The first-order valence-electron chi connectivity index (χ1n) is 5.74. The highest BCUT2D eigenvalue weighted by Crippen LogP contribution is 2.43. The van der Waals surface area contributed by atoms with E-state index in [1.807, 2.05) is 0 Å². The lowest BCUT2D eigenvalue weighted by Crippen LogP contribution is -2.13. The first-order valence-corrected chi connectivity index (χ1v) is 9.18. The van der Waals surface area contributed by atoms with Crippen LogP contribution in [0.3, 0.4) is 0 Å². The van der Waals surface area contributed by atoms with Gasteiger partial charge in [-0.25, -0.2) is 13.2 Å². The van der Waals surface area contributed by atoms with Crippen LogP contribution in [0.2, 0.25) is 13.7 Å². The number of carbonyl (C=O) groups excluding carboxylic acids is 1. The number of ether oxygens (including phenoxy) is 1. The number of hydrogen-bond acceptors (Lipinski definition) is 6. The molecule has 0 fully saturated rings. The van der Waals surface area contributed by atoms with Crippen molar-refractivity contribution in [1.82, 2.24) is 0 Å². The van der Waals surface area contributed by atoms with Crippen LogP contribution < -0.4 is 4.72 Å². The third-order valence-electron chi connectivity index (χ3n) is 2.65. The smallest absolute Gasteiger partial charge is 0.341 e. The Morgan fingerprint density at radius 2 is 1.91 bits per heavy atom. The molecule has 0 saturated carbocycles. The molecule has 0 atom stereocenters. The number of benzene rings is 1. The van der Waals surface area contributed by atoms with Crippen molar-refractivity contribution in [2.45, 2.75) is 4.90 Å². The van der Waals surface area contributed by atoms with Gasteiger partial charge in [-0.05, 0) is 12.1 Å². The van der Waals surface area contributed by atoms with E-state index in [0.29, 0.717) is 0 Å². The lowest BCUT2D eigenvalue weighted by molar-refractivity contribution is 0.0597. The Hall–Kier alpha value is -1.19. The van der Waals surface area contributed by atoms with Crippen LogP contribution in [0.15, 0.2) is 23.1 Å². The lowest BCUT2D eigenvalue weighted by atomic mass is 10.2. The SMILES string of the molecule is COC(=O)c1ccc(NS(=O)(=O)c2c(Cl)sc(Cl)c2Cl)cc1O. The fourth-order valence-electron chi connectivity index (χ4n) is 1.65. The molecule has 1 heterocycles. The van der Waals surface area contributed by atoms with Crippen LogP contribution in [0.4, 0.5) is 5.69 Å². The van der Waals surface area contributed by atoms with Crippen LogP contribution in [0, 0.1) is 0 Å². The van der Waals surface area contributed by atoms with Crippen molar-refractivity contribution in [2.24, 2.45) is 0 Å². The summed E-state index contributed by atoms with van der Waals surface area (Å²) in [6, 6.07) is 3.54. The monoisotopic (exact) mass is 415 g/mol. The zero-order valence-corrected chi connectivity index (χ0v) is 15.2. The molecular formula is C12H8Cl3NO5S2. The van der Waals surface area contributed by atoms with Crippen LogP contribution >= 0.6 is 46.1 Å². The average molecular weight is 417 g/mol. The lowest BCUT2D eigenvalue weighted by Gasteiger charge is -2.09. The fraction of sp³-hybridized carbons (Fsp3) is 0.0833. The van der Waals surface area contributed by atoms with Gasteiger partial charge in [-0.2, -0.15) is 0 Å². The number of rotatable bonds is 4. The predicted molar refractivity (Wildman–Crippen MR) is 89.6 cm³/mol. The molecule has 2 rings (SSSR count). The standard InChI is InChI=1S/C12H8Cl3NO5S2/c1-21-12(18)6-3-2-5(4-7(6)17)16-23(19,20)9-8(13)10(14)22-11(9)15/h2-4,16-17H,1H3. The Morgan fingerprint density at radius 3 is 2.39 bits per heavy atom. The molecule has 1 aromatic heterocycles. The number of phenolic OH excluding ortho intramolecular Hbond substituents is 1. The number of anilines is 1. The molecule has 0 aliphatic heterocycles. The topological polar surface area (TPSA) is 92.7 Å². The number of aromatic hydroxyl groups is 1. The Kier molecular flexibility index (Phi) is 5.32. The molecule has 0 bridgehead atoms. The summed E-state index contributed by atoms with van der Waals surface area (Å²) in [4.78, 5) is 11.0. The van der Waals surface area contributed by atoms with E-state index < -0.39 is 21.7 Å². The summed E-state index contributed by atoms with van der Waals surface area (Å²) in [5.74, 6) is -1.20. The normalized spacial score (nSPS) is 11.3. The number of sulfonamides is 1. The molecular weight excluding hydrogens is 409 g/mol. The van der Waals surface area contributed by atoms with Crippen molar-refractivity contribution in [3.05, 3.63) is 37.5 Å². The number of carbonyl (C=O) groups is 1. The molecule has 0 spiro atoms. The number of thiophene rings is 1. The number of hydrogen-bond donors (Lipinski definition) is 2. The highest BCUT2D eigenvalue weighted by molar-refractivity contribution is 7.93. The zero-order valence-electron chi connectivity index (χ0n) is 11.3. The summed E-state index contributed by atoms with van der Waals surface area (Å²) in [6.45, 7) is 0. The second-order valence-electron chi connectivity index (χ2n) is 4.12. The van der Waals surface area contributed by atoms with E-state index in [2.05, 4.69) is 9.46 Å². The van der Waals surface area contributed by atoms with E-state index in [1.54, 1.807) is 0 Å². The van der Waals surface area contributed by atoms with Gasteiger partial charge in [0.05, 0.1) is 17.8 Å². The van der Waals surface area contributed by atoms with Crippen LogP contribution in [-0.4, -0.2) is 26.6 Å². The van der Waals surface area contributed by atoms with E-state index in [-0.39, 0.29) is 29.8 Å². The third-order valence-corrected chi connectivity index (χ3v) is 6.65. The van der Waals surface area contributed by atoms with Crippen molar-refractivity contribution in [3.8, 4) is 5.75 Å². The van der Waals surface area contributed by atoms with E-state index >= 15 is 0 Å². The van der Waals surface area contributed by atoms with Gasteiger partial charge in [-0.15, -0.1) is 11.3 Å². The maximum absolute atomic E-state index is 12.3. The number of esters is 1. The molecule has 0 aliphatic carbocycles. The Balaban J connectivity index is 2.38. The van der Waals surface area contributed by atoms with Crippen molar-refractivity contribution >= 4 is 67.8 Å². The summed E-state index contributed by atoms with van der Waals surface area (Å²) in [7, 11) is -2.97. The van der Waals surface area contributed by atoms with Gasteiger partial charge in [0.1, 0.15) is 24.9 Å². The highest BCUT2D eigenvalue weighted by Gasteiger charge is 2.27. The van der Waals surface area contributed by atoms with Gasteiger partial charge in [0, 0.05) is 6.07 Å². The molecule has 2 N–H and O–H groups in total. The summed E-state index contributed by atoms with van der Waals surface area (Å²) in [5, 5.41) is 9.58. The quantitative estimate of drug-likeness (QED) is 0.735. The number of nitrogens with one attached hydrogen (secondary N) is 1. The first-order chi connectivity index (χ1) is 10.7. The average Bonchev–Trinajstić information content (AvgIpc) is 2.71. The third kappa shape index (κ3) is 3.67. The second kappa shape index (κ2) is 6.74. The summed E-state index contributed by atoms with van der Waals surface area (Å²) >= 11 is 18.3. The van der Waals surface area contributed by atoms with Gasteiger partial charge in [0.25, 0.3) is 10.0 Å². The molecule has 0 radical (unpaired) electrons. The van der Waals surface area contributed by atoms with Crippen LogP contribution in [-0.2, 0) is 14.8 Å². The largest absolute Gasteiger partial charge is 0.507 e. The van der Waals surface area contributed by atoms with Gasteiger partial charge in [-0.1, -0.05) is 34.8 Å². The van der Waals surface area contributed by atoms with E-state index in [0.717, 1.165) is 24.5 Å². The van der Waals surface area contributed by atoms with E-state index in [9.17, 15) is 18.3 Å². The minimum absolute atomic E-state index is 0.00427. The fourth-order valence-corrected chi connectivity index (χ4v) is 5.55. The van der Waals surface area contributed by atoms with Crippen LogP contribution in [0.1, 0.15) is 10.4 Å². The van der Waals surface area contributed by atoms with Gasteiger partial charge in [0.2, 0.25) is 0 Å². The van der Waals surface area contributed by atoms with Crippen molar-refractivity contribution in [2.75, 3.05) is 11.8 Å². The highest BCUT2D eigenvalue weighted by atomic mass is 35.5.